The van der Waals surface area contributed by atoms with Gasteiger partial charge in [-0.25, -0.2) is 8.42 Å². The van der Waals surface area contributed by atoms with Crippen molar-refractivity contribution in [1.82, 2.24) is 15.2 Å². The average Bonchev–Trinajstić information content (AvgIpc) is 2.94. The van der Waals surface area contributed by atoms with Crippen LogP contribution in [0.25, 0.3) is 0 Å². The van der Waals surface area contributed by atoms with Gasteiger partial charge in [0.1, 0.15) is 0 Å². The summed E-state index contributed by atoms with van der Waals surface area (Å²) in [4.78, 5) is 19.1. The predicted octanol–water partition coefficient (Wildman–Crippen LogP) is 4.20. The van der Waals surface area contributed by atoms with Gasteiger partial charge >= 0.3 is 0 Å². The summed E-state index contributed by atoms with van der Waals surface area (Å²) in [6, 6.07) is 18.8. The topological polar surface area (TPSA) is 115 Å². The highest BCUT2D eigenvalue weighted by atomic mass is 32.2. The summed E-state index contributed by atoms with van der Waals surface area (Å²) in [6.07, 6.45) is 5.64. The van der Waals surface area contributed by atoms with E-state index in [1.165, 1.54) is 5.56 Å². The molecule has 1 aliphatic rings. The number of nitriles is 1. The fourth-order valence-corrected chi connectivity index (χ4v) is 5.82. The van der Waals surface area contributed by atoms with E-state index in [9.17, 15) is 13.2 Å². The summed E-state index contributed by atoms with van der Waals surface area (Å²) < 4.78 is 28.1. The minimum Gasteiger partial charge on any atom is -0.339 e. The molecule has 0 atom stereocenters. The van der Waals surface area contributed by atoms with Crippen molar-refractivity contribution in [2.24, 2.45) is 0 Å². The molecule has 2 N–H and O–H groups in total. The number of likely N-dealkylation sites (tertiary alicyclic amines) is 1. The molecule has 4 rings (SSSR count). The lowest BCUT2D eigenvalue weighted by molar-refractivity contribution is 0.0713. The maximum absolute atomic E-state index is 13.2. The van der Waals surface area contributed by atoms with Gasteiger partial charge in [0.15, 0.2) is 0 Å². The van der Waals surface area contributed by atoms with Gasteiger partial charge in [-0.05, 0) is 85.7 Å². The number of rotatable bonds is 10. The van der Waals surface area contributed by atoms with E-state index < -0.39 is 10.0 Å². The minimum atomic E-state index is -3.56. The summed E-state index contributed by atoms with van der Waals surface area (Å²) in [6.45, 7) is 4.28. The molecular formula is C29H33N5O3S. The molecule has 1 aromatic heterocycles. The molecule has 198 valence electrons. The van der Waals surface area contributed by atoms with Gasteiger partial charge in [0.05, 0.1) is 23.1 Å². The zero-order chi connectivity index (χ0) is 27.0. The van der Waals surface area contributed by atoms with Crippen molar-refractivity contribution in [3.05, 3.63) is 94.8 Å². The van der Waals surface area contributed by atoms with E-state index in [-0.39, 0.29) is 11.7 Å². The van der Waals surface area contributed by atoms with Crippen LogP contribution < -0.4 is 10.0 Å². The Morgan fingerprint density at radius 2 is 1.89 bits per heavy atom. The van der Waals surface area contributed by atoms with Gasteiger partial charge < -0.3 is 10.2 Å². The largest absolute Gasteiger partial charge is 0.339 e. The lowest BCUT2D eigenvalue weighted by Crippen LogP contribution is -2.38. The van der Waals surface area contributed by atoms with E-state index >= 15 is 0 Å². The number of aromatic nitrogens is 1. The van der Waals surface area contributed by atoms with Crippen LogP contribution in [-0.4, -0.2) is 49.6 Å². The summed E-state index contributed by atoms with van der Waals surface area (Å²) in [7, 11) is -3.56. The lowest BCUT2D eigenvalue weighted by Gasteiger charge is -2.32. The Bertz CT molecular complexity index is 1380. The van der Waals surface area contributed by atoms with Crippen LogP contribution in [0.4, 0.5) is 5.69 Å². The molecule has 9 heteroatoms. The first-order valence-corrected chi connectivity index (χ1v) is 14.5. The molecule has 2 aromatic carbocycles. The van der Waals surface area contributed by atoms with Gasteiger partial charge in [-0.15, -0.1) is 0 Å². The lowest BCUT2D eigenvalue weighted by atomic mass is 9.89. The maximum Gasteiger partial charge on any atom is 0.253 e. The van der Waals surface area contributed by atoms with Gasteiger partial charge in [-0.3, -0.25) is 14.5 Å². The molecular weight excluding hydrogens is 498 g/mol. The number of hydrogen-bond donors (Lipinski definition) is 2. The van der Waals surface area contributed by atoms with Gasteiger partial charge in [0.2, 0.25) is 10.0 Å². The van der Waals surface area contributed by atoms with Crippen molar-refractivity contribution < 1.29 is 13.2 Å². The molecule has 0 radical (unpaired) electrons. The third kappa shape index (κ3) is 7.40. The SMILES string of the molecule is Cc1ccc(C(=O)N2CCC(c3ccc(C#N)cc3)CC2)cc1NS(=O)(=O)CCCNCc1cccnc1. The molecule has 1 saturated heterocycles. The van der Waals surface area contributed by atoms with E-state index in [0.29, 0.717) is 55.3 Å². The fraction of sp³-hybridized carbons (Fsp3) is 0.345. The molecule has 3 aromatic rings. The van der Waals surface area contributed by atoms with E-state index in [0.717, 1.165) is 24.0 Å². The summed E-state index contributed by atoms with van der Waals surface area (Å²) in [5, 5.41) is 12.2. The Kier molecular flexibility index (Phi) is 9.10. The van der Waals surface area contributed by atoms with Crippen LogP contribution in [0.2, 0.25) is 0 Å². The van der Waals surface area contributed by atoms with Crippen molar-refractivity contribution in [2.75, 3.05) is 30.1 Å². The standard InChI is InChI=1S/C29H33N5O3S/c1-22-5-8-27(29(35)34-15-11-26(12-16-34)25-9-6-23(19-30)7-10-25)18-28(22)33-38(36,37)17-3-14-32-21-24-4-2-13-31-20-24/h2,4-10,13,18,20,26,32-33H,3,11-12,14-17,21H2,1H3. The van der Waals surface area contributed by atoms with Crippen LogP contribution in [-0.2, 0) is 16.6 Å². The fourth-order valence-electron chi connectivity index (χ4n) is 4.63. The number of carbonyl (C=O) groups excluding carboxylic acids is 1. The maximum atomic E-state index is 13.2. The number of aryl methyl sites for hydroxylation is 1. The second-order valence-corrected chi connectivity index (χ2v) is 11.5. The van der Waals surface area contributed by atoms with Crippen LogP contribution >= 0.6 is 0 Å². The Hall–Kier alpha value is -3.74. The number of anilines is 1. The smallest absolute Gasteiger partial charge is 0.253 e. The average molecular weight is 532 g/mol. The van der Waals surface area contributed by atoms with Crippen LogP contribution in [0.3, 0.4) is 0 Å². The molecule has 8 nitrogen and oxygen atoms in total. The first-order chi connectivity index (χ1) is 18.3. The second kappa shape index (κ2) is 12.7. The van der Waals surface area contributed by atoms with Crippen molar-refractivity contribution in [2.45, 2.75) is 38.6 Å². The third-order valence-electron chi connectivity index (χ3n) is 6.86. The monoisotopic (exact) mass is 531 g/mol. The summed E-state index contributed by atoms with van der Waals surface area (Å²) >= 11 is 0. The van der Waals surface area contributed by atoms with Crippen molar-refractivity contribution in [3.8, 4) is 6.07 Å². The molecule has 0 spiro atoms. The van der Waals surface area contributed by atoms with E-state index in [2.05, 4.69) is 21.1 Å². The molecule has 0 saturated carbocycles. The molecule has 1 amide bonds. The molecule has 0 bridgehead atoms. The number of amides is 1. The van der Waals surface area contributed by atoms with Gasteiger partial charge in [0.25, 0.3) is 5.91 Å². The molecule has 1 fully saturated rings. The quantitative estimate of drug-likeness (QED) is 0.379. The number of benzene rings is 2. The highest BCUT2D eigenvalue weighted by Gasteiger charge is 2.25. The van der Waals surface area contributed by atoms with Crippen molar-refractivity contribution in [1.29, 1.82) is 5.26 Å². The van der Waals surface area contributed by atoms with E-state index in [4.69, 9.17) is 5.26 Å². The number of piperidine rings is 1. The van der Waals surface area contributed by atoms with Crippen molar-refractivity contribution in [3.63, 3.8) is 0 Å². The normalized spacial score (nSPS) is 14.2. The zero-order valence-corrected chi connectivity index (χ0v) is 22.4. The molecule has 38 heavy (non-hydrogen) atoms. The Balaban J connectivity index is 1.29. The highest BCUT2D eigenvalue weighted by Crippen LogP contribution is 2.29. The molecule has 2 heterocycles. The van der Waals surface area contributed by atoms with Crippen LogP contribution in [0.15, 0.2) is 67.0 Å². The van der Waals surface area contributed by atoms with E-state index in [1.807, 2.05) is 48.2 Å². The Morgan fingerprint density at radius 3 is 2.58 bits per heavy atom. The Morgan fingerprint density at radius 1 is 1.13 bits per heavy atom. The number of hydrogen-bond acceptors (Lipinski definition) is 6. The van der Waals surface area contributed by atoms with Gasteiger partial charge in [-0.1, -0.05) is 24.3 Å². The van der Waals surface area contributed by atoms with Crippen LogP contribution in [0.5, 0.6) is 0 Å². The predicted molar refractivity (Wildman–Crippen MR) is 148 cm³/mol. The van der Waals surface area contributed by atoms with Gasteiger partial charge in [0, 0.05) is 37.6 Å². The molecule has 1 aliphatic heterocycles. The zero-order valence-electron chi connectivity index (χ0n) is 21.6. The first kappa shape index (κ1) is 27.3. The summed E-state index contributed by atoms with van der Waals surface area (Å²) in [5.41, 5.74) is 4.55. The van der Waals surface area contributed by atoms with Crippen molar-refractivity contribution >= 4 is 21.6 Å². The minimum absolute atomic E-state index is 0.0203. The van der Waals surface area contributed by atoms with Crippen LogP contribution in [0, 0.1) is 18.3 Å². The Labute approximate surface area is 224 Å². The van der Waals surface area contributed by atoms with Gasteiger partial charge in [-0.2, -0.15) is 5.26 Å². The highest BCUT2D eigenvalue weighted by molar-refractivity contribution is 7.92. The van der Waals surface area contributed by atoms with Crippen LogP contribution in [0.1, 0.15) is 57.8 Å². The number of carbonyl (C=O) groups is 1. The van der Waals surface area contributed by atoms with E-state index in [1.54, 1.807) is 30.6 Å². The number of pyridine rings is 1. The number of sulfonamides is 1. The number of nitrogens with one attached hydrogen (secondary N) is 2. The third-order valence-corrected chi connectivity index (χ3v) is 8.22. The molecule has 0 unspecified atom stereocenters. The first-order valence-electron chi connectivity index (χ1n) is 12.8. The molecule has 0 aliphatic carbocycles. The second-order valence-electron chi connectivity index (χ2n) is 9.64. The number of nitrogens with zero attached hydrogens (tertiary/aromatic N) is 3. The summed E-state index contributed by atoms with van der Waals surface area (Å²) in [5.74, 6) is 0.238.